The van der Waals surface area contributed by atoms with Gasteiger partial charge in [-0.05, 0) is 83.6 Å². The normalized spacial score (nSPS) is 16.1. The third-order valence-corrected chi connectivity index (χ3v) is 6.29. The highest BCUT2D eigenvalue weighted by molar-refractivity contribution is 5.95. The average molecular weight is 519 g/mol. The Labute approximate surface area is 219 Å². The van der Waals surface area contributed by atoms with Crippen molar-refractivity contribution in [1.29, 1.82) is 0 Å². The summed E-state index contributed by atoms with van der Waals surface area (Å²) < 4.78 is 5.30. The van der Waals surface area contributed by atoms with E-state index >= 15 is 0 Å². The molecule has 0 bridgehead atoms. The Morgan fingerprint density at radius 3 is 2.32 bits per heavy atom. The Balaban J connectivity index is 2.52. The zero-order valence-corrected chi connectivity index (χ0v) is 22.8. The Morgan fingerprint density at radius 1 is 1.19 bits per heavy atom. The highest BCUT2D eigenvalue weighted by Gasteiger charge is 2.42. The summed E-state index contributed by atoms with van der Waals surface area (Å²) in [7, 11) is 0. The van der Waals surface area contributed by atoms with Crippen LogP contribution in [0.4, 0.5) is 4.79 Å². The number of nitrogens with zero attached hydrogens (tertiary/aromatic N) is 1. The van der Waals surface area contributed by atoms with Gasteiger partial charge in [0, 0.05) is 12.1 Å². The Kier molecular flexibility index (Phi) is 10.3. The first-order valence-electron chi connectivity index (χ1n) is 12.9. The lowest BCUT2D eigenvalue weighted by molar-refractivity contribution is -0.148. The van der Waals surface area contributed by atoms with E-state index in [2.05, 4.69) is 10.6 Å². The molecule has 0 aliphatic heterocycles. The molecule has 4 amide bonds. The number of hydrogen-bond donors (Lipinski definition) is 4. The Bertz CT molecular complexity index is 986. The second-order valence-corrected chi connectivity index (χ2v) is 10.8. The zero-order chi connectivity index (χ0) is 27.9. The molecule has 0 spiro atoms. The monoisotopic (exact) mass is 518 g/mol. The number of carbonyl (C=O) groups excluding carboxylic acids is 4. The largest absolute Gasteiger partial charge is 0.508 e. The molecule has 1 saturated carbocycles. The van der Waals surface area contributed by atoms with Gasteiger partial charge in [-0.25, -0.2) is 4.79 Å². The number of nitrogens with two attached hydrogens (primary N) is 1. The number of primary amides is 1. The number of aryl methyl sites for hydroxylation is 1. The lowest BCUT2D eigenvalue weighted by atomic mass is 9.87. The van der Waals surface area contributed by atoms with Crippen LogP contribution in [0.5, 0.6) is 5.75 Å². The number of alkyl carbamates (subject to hydrolysis) is 1. The molecule has 5 N–H and O–H groups in total. The number of phenolic OH excluding ortho intramolecular Hbond substituents is 1. The van der Waals surface area contributed by atoms with Crippen molar-refractivity contribution in [2.75, 3.05) is 0 Å². The predicted molar refractivity (Wildman–Crippen MR) is 140 cm³/mol. The molecule has 0 heterocycles. The summed E-state index contributed by atoms with van der Waals surface area (Å²) in [5.41, 5.74) is 5.69. The van der Waals surface area contributed by atoms with Crippen molar-refractivity contribution in [2.45, 2.75) is 110 Å². The maximum Gasteiger partial charge on any atom is 0.408 e. The summed E-state index contributed by atoms with van der Waals surface area (Å²) in [5.74, 6) is -1.67. The number of rotatable bonds is 11. The van der Waals surface area contributed by atoms with Gasteiger partial charge >= 0.3 is 6.09 Å². The standard InChI is InChI=1S/C27H42N4O6/c1-7-9-17(3)29-24(34)23(18-12-13-21(32)16(2)14-18)31(19-10-8-11-19)25(35)20(15-22(28)33)30-26(36)37-27(4,5)6/h12-14,17,19-20,23,32H,7-11,15H2,1-6H3,(H2,28,33)(H,29,34)(H,30,36). The minimum Gasteiger partial charge on any atom is -0.508 e. The molecular weight excluding hydrogens is 476 g/mol. The first-order valence-corrected chi connectivity index (χ1v) is 12.9. The third kappa shape index (κ3) is 8.65. The van der Waals surface area contributed by atoms with E-state index in [4.69, 9.17) is 10.5 Å². The molecule has 1 aliphatic rings. The number of carbonyl (C=O) groups is 4. The number of aromatic hydroxyl groups is 1. The summed E-state index contributed by atoms with van der Waals surface area (Å²) in [6, 6.07) is 2.03. The maximum absolute atomic E-state index is 14.0. The summed E-state index contributed by atoms with van der Waals surface area (Å²) in [6.45, 7) is 10.7. The molecule has 1 aromatic rings. The lowest BCUT2D eigenvalue weighted by Gasteiger charge is -2.43. The molecule has 206 valence electrons. The molecule has 1 fully saturated rings. The molecule has 1 aromatic carbocycles. The molecule has 10 heteroatoms. The first kappa shape index (κ1) is 29.9. The van der Waals surface area contributed by atoms with Crippen molar-refractivity contribution in [1.82, 2.24) is 15.5 Å². The molecule has 37 heavy (non-hydrogen) atoms. The van der Waals surface area contributed by atoms with Crippen molar-refractivity contribution in [3.8, 4) is 5.75 Å². The average Bonchev–Trinajstić information content (AvgIpc) is 2.71. The molecule has 3 unspecified atom stereocenters. The minimum absolute atomic E-state index is 0.0713. The number of nitrogens with one attached hydrogen (secondary N) is 2. The van der Waals surface area contributed by atoms with Crippen LogP contribution in [0, 0.1) is 6.92 Å². The van der Waals surface area contributed by atoms with Crippen LogP contribution in [-0.2, 0) is 19.1 Å². The fraction of sp³-hybridized carbons (Fsp3) is 0.630. The van der Waals surface area contributed by atoms with Gasteiger partial charge in [-0.1, -0.05) is 19.4 Å². The van der Waals surface area contributed by atoms with Crippen LogP contribution in [0.15, 0.2) is 18.2 Å². The molecular formula is C27H42N4O6. The second kappa shape index (κ2) is 12.8. The van der Waals surface area contributed by atoms with Crippen LogP contribution in [0.3, 0.4) is 0 Å². The van der Waals surface area contributed by atoms with Gasteiger partial charge in [0.05, 0.1) is 6.42 Å². The summed E-state index contributed by atoms with van der Waals surface area (Å²) in [6.07, 6.45) is 2.55. The lowest BCUT2D eigenvalue weighted by Crippen LogP contribution is -2.58. The van der Waals surface area contributed by atoms with Crippen molar-refractivity contribution < 1.29 is 29.0 Å². The van der Waals surface area contributed by atoms with Crippen molar-refractivity contribution in [3.05, 3.63) is 29.3 Å². The van der Waals surface area contributed by atoms with E-state index in [1.54, 1.807) is 39.8 Å². The fourth-order valence-electron chi connectivity index (χ4n) is 4.33. The molecule has 0 saturated heterocycles. The highest BCUT2D eigenvalue weighted by Crippen LogP contribution is 2.35. The maximum atomic E-state index is 14.0. The minimum atomic E-state index is -1.31. The summed E-state index contributed by atoms with van der Waals surface area (Å²) in [5, 5.41) is 15.6. The van der Waals surface area contributed by atoms with Gasteiger partial charge in [-0.15, -0.1) is 0 Å². The Hall–Kier alpha value is -3.30. The Morgan fingerprint density at radius 2 is 1.84 bits per heavy atom. The van der Waals surface area contributed by atoms with Gasteiger partial charge in [0.15, 0.2) is 0 Å². The number of amides is 4. The first-order chi connectivity index (χ1) is 17.2. The van der Waals surface area contributed by atoms with Gasteiger partial charge < -0.3 is 31.1 Å². The molecule has 2 rings (SSSR count). The molecule has 10 nitrogen and oxygen atoms in total. The molecule has 1 aliphatic carbocycles. The van der Waals surface area contributed by atoms with Crippen LogP contribution >= 0.6 is 0 Å². The zero-order valence-electron chi connectivity index (χ0n) is 22.8. The quantitative estimate of drug-likeness (QED) is 0.353. The summed E-state index contributed by atoms with van der Waals surface area (Å²) in [4.78, 5) is 53.6. The second-order valence-electron chi connectivity index (χ2n) is 10.8. The predicted octanol–water partition coefficient (Wildman–Crippen LogP) is 3.20. The SMILES string of the molecule is CCCC(C)NC(=O)C(c1ccc(O)c(C)c1)N(C(=O)C(CC(N)=O)NC(=O)OC(C)(C)C)C1CCC1. The molecule has 0 radical (unpaired) electrons. The smallest absolute Gasteiger partial charge is 0.408 e. The van der Waals surface area contributed by atoms with Crippen molar-refractivity contribution in [3.63, 3.8) is 0 Å². The van der Waals surface area contributed by atoms with E-state index in [-0.39, 0.29) is 23.7 Å². The van der Waals surface area contributed by atoms with Crippen molar-refractivity contribution >= 4 is 23.8 Å². The van der Waals surface area contributed by atoms with Gasteiger partial charge in [0.1, 0.15) is 23.4 Å². The number of ether oxygens (including phenoxy) is 1. The van der Waals surface area contributed by atoms with Crippen LogP contribution < -0.4 is 16.4 Å². The van der Waals surface area contributed by atoms with Gasteiger partial charge in [-0.2, -0.15) is 0 Å². The van der Waals surface area contributed by atoms with Gasteiger partial charge in [-0.3, -0.25) is 14.4 Å². The number of benzene rings is 1. The molecule has 0 aromatic heterocycles. The highest BCUT2D eigenvalue weighted by atomic mass is 16.6. The third-order valence-electron chi connectivity index (χ3n) is 6.29. The van der Waals surface area contributed by atoms with Gasteiger partial charge in [0.2, 0.25) is 17.7 Å². The fourth-order valence-corrected chi connectivity index (χ4v) is 4.33. The summed E-state index contributed by atoms with van der Waals surface area (Å²) >= 11 is 0. The van der Waals surface area contributed by atoms with E-state index in [9.17, 15) is 24.3 Å². The topological polar surface area (TPSA) is 151 Å². The van der Waals surface area contributed by atoms with Crippen LogP contribution in [-0.4, -0.2) is 57.5 Å². The van der Waals surface area contributed by atoms with E-state index in [1.165, 1.54) is 11.0 Å². The van der Waals surface area contributed by atoms with E-state index < -0.39 is 42.0 Å². The number of phenols is 1. The van der Waals surface area contributed by atoms with E-state index in [1.807, 2.05) is 13.8 Å². The van der Waals surface area contributed by atoms with Crippen LogP contribution in [0.25, 0.3) is 0 Å². The van der Waals surface area contributed by atoms with Crippen LogP contribution in [0.1, 0.15) is 90.3 Å². The van der Waals surface area contributed by atoms with Crippen LogP contribution in [0.2, 0.25) is 0 Å². The number of hydrogen-bond acceptors (Lipinski definition) is 6. The molecule has 3 atom stereocenters. The van der Waals surface area contributed by atoms with Gasteiger partial charge in [0.25, 0.3) is 0 Å². The van der Waals surface area contributed by atoms with E-state index in [0.717, 1.165) is 19.3 Å². The van der Waals surface area contributed by atoms with E-state index in [0.29, 0.717) is 24.0 Å². The van der Waals surface area contributed by atoms with Crippen molar-refractivity contribution in [2.24, 2.45) is 5.73 Å².